The largest absolute Gasteiger partial charge is 0.381 e. The zero-order chi connectivity index (χ0) is 14.7. The molecule has 1 unspecified atom stereocenters. The minimum atomic E-state index is 0.133. The van der Waals surface area contributed by atoms with Crippen LogP contribution < -0.4 is 5.32 Å². The topological polar surface area (TPSA) is 47.0 Å². The Morgan fingerprint density at radius 2 is 2.05 bits per heavy atom. The molecule has 2 rings (SSSR count). The second-order valence-electron chi connectivity index (χ2n) is 5.13. The zero-order valence-electron chi connectivity index (χ0n) is 12.9. The van der Waals surface area contributed by atoms with Crippen LogP contribution in [-0.2, 0) is 11.2 Å². The number of nitrogens with one attached hydrogen (secondary N) is 1. The van der Waals surface area contributed by atoms with Gasteiger partial charge in [-0.2, -0.15) is 0 Å². The van der Waals surface area contributed by atoms with Crippen LogP contribution >= 0.6 is 11.3 Å². The number of ether oxygens (including phenoxy) is 1. The number of aryl methyl sites for hydroxylation is 2. The molecule has 1 N–H and O–H groups in total. The Balaban J connectivity index is 2.46. The predicted molar refractivity (Wildman–Crippen MR) is 85.8 cm³/mol. The Kier molecular flexibility index (Phi) is 4.94. The fourth-order valence-corrected chi connectivity index (χ4v) is 3.14. The molecular weight excluding hydrogens is 270 g/mol. The van der Waals surface area contributed by atoms with Crippen LogP contribution in [0.15, 0.2) is 0 Å². The van der Waals surface area contributed by atoms with Crippen molar-refractivity contribution in [3.63, 3.8) is 0 Å². The summed E-state index contributed by atoms with van der Waals surface area (Å²) >= 11 is 1.74. The van der Waals surface area contributed by atoms with Crippen molar-refractivity contribution >= 4 is 27.4 Å². The molecule has 110 valence electrons. The second kappa shape index (κ2) is 6.50. The van der Waals surface area contributed by atoms with Crippen LogP contribution in [0.25, 0.3) is 10.2 Å². The Hall–Kier alpha value is -1.20. The summed E-state index contributed by atoms with van der Waals surface area (Å²) in [6, 6.07) is 0. The van der Waals surface area contributed by atoms with Gasteiger partial charge < -0.3 is 10.1 Å². The molecule has 0 radical (unpaired) electrons. The van der Waals surface area contributed by atoms with Gasteiger partial charge in [-0.3, -0.25) is 0 Å². The summed E-state index contributed by atoms with van der Waals surface area (Å²) in [5, 5.41) is 4.61. The highest BCUT2D eigenvalue weighted by atomic mass is 32.1. The van der Waals surface area contributed by atoms with E-state index in [1.807, 2.05) is 6.92 Å². The van der Waals surface area contributed by atoms with Crippen molar-refractivity contribution in [3.05, 3.63) is 16.3 Å². The molecule has 2 aromatic rings. The zero-order valence-corrected chi connectivity index (χ0v) is 13.7. The van der Waals surface area contributed by atoms with E-state index in [0.717, 1.165) is 35.9 Å². The first kappa shape index (κ1) is 15.2. The first-order valence-electron chi connectivity index (χ1n) is 7.10. The lowest BCUT2D eigenvalue weighted by molar-refractivity contribution is 0.117. The number of hydrogen-bond donors (Lipinski definition) is 1. The van der Waals surface area contributed by atoms with Gasteiger partial charge in [0, 0.05) is 25.0 Å². The Morgan fingerprint density at radius 1 is 1.30 bits per heavy atom. The summed E-state index contributed by atoms with van der Waals surface area (Å²) in [4.78, 5) is 11.8. The average molecular weight is 293 g/mol. The van der Waals surface area contributed by atoms with E-state index < -0.39 is 0 Å². The summed E-state index contributed by atoms with van der Waals surface area (Å²) in [6.07, 6.45) is 1.95. The van der Waals surface area contributed by atoms with Crippen molar-refractivity contribution < 1.29 is 4.74 Å². The van der Waals surface area contributed by atoms with Crippen molar-refractivity contribution in [2.24, 2.45) is 0 Å². The van der Waals surface area contributed by atoms with Gasteiger partial charge in [0.1, 0.15) is 16.5 Å². The number of fused-ring (bicyclic) bond motifs is 1. The van der Waals surface area contributed by atoms with Gasteiger partial charge in [-0.25, -0.2) is 9.97 Å². The summed E-state index contributed by atoms with van der Waals surface area (Å²) < 4.78 is 5.32. The normalized spacial score (nSPS) is 12.8. The molecule has 0 amide bonds. The third-order valence-corrected chi connectivity index (χ3v) is 4.59. The van der Waals surface area contributed by atoms with E-state index in [9.17, 15) is 0 Å². The van der Waals surface area contributed by atoms with Crippen LogP contribution in [0.4, 0.5) is 5.82 Å². The van der Waals surface area contributed by atoms with Gasteiger partial charge in [-0.1, -0.05) is 6.92 Å². The molecular formula is C15H23N3OS. The molecule has 0 saturated carbocycles. The van der Waals surface area contributed by atoms with Gasteiger partial charge in [0.15, 0.2) is 0 Å². The molecule has 0 aliphatic carbocycles. The van der Waals surface area contributed by atoms with Gasteiger partial charge in [-0.15, -0.1) is 11.3 Å². The van der Waals surface area contributed by atoms with Crippen LogP contribution in [0.2, 0.25) is 0 Å². The van der Waals surface area contributed by atoms with E-state index in [4.69, 9.17) is 14.7 Å². The fourth-order valence-electron chi connectivity index (χ4n) is 2.10. The van der Waals surface area contributed by atoms with Crippen molar-refractivity contribution in [1.29, 1.82) is 0 Å². The molecule has 20 heavy (non-hydrogen) atoms. The van der Waals surface area contributed by atoms with E-state index in [1.54, 1.807) is 18.4 Å². The molecule has 0 aliphatic heterocycles. The molecule has 0 aliphatic rings. The molecule has 0 fully saturated rings. The lowest BCUT2D eigenvalue weighted by atomic mass is 10.2. The lowest BCUT2D eigenvalue weighted by Crippen LogP contribution is -2.13. The summed E-state index contributed by atoms with van der Waals surface area (Å²) in [5.74, 6) is 1.82. The number of anilines is 1. The van der Waals surface area contributed by atoms with E-state index in [1.165, 1.54) is 15.8 Å². The number of thiophene rings is 1. The Morgan fingerprint density at radius 3 is 2.70 bits per heavy atom. The second-order valence-corrected chi connectivity index (χ2v) is 6.33. The molecule has 4 nitrogen and oxygen atoms in total. The minimum Gasteiger partial charge on any atom is -0.381 e. The SMILES string of the molecule is CCCNc1nc(CC(C)OC)nc2sc(C)c(C)c12. The van der Waals surface area contributed by atoms with E-state index in [2.05, 4.69) is 26.1 Å². The van der Waals surface area contributed by atoms with E-state index in [-0.39, 0.29) is 6.10 Å². The maximum absolute atomic E-state index is 5.32. The predicted octanol–water partition coefficient (Wildman–Crippen LogP) is 3.71. The summed E-state index contributed by atoms with van der Waals surface area (Å²) in [6.45, 7) is 9.41. The molecule has 0 saturated heterocycles. The quantitative estimate of drug-likeness (QED) is 0.882. The first-order valence-corrected chi connectivity index (χ1v) is 7.91. The molecule has 1 atom stereocenters. The maximum atomic E-state index is 5.32. The average Bonchev–Trinajstić information content (AvgIpc) is 2.71. The maximum Gasteiger partial charge on any atom is 0.138 e. The minimum absolute atomic E-state index is 0.133. The van der Waals surface area contributed by atoms with Gasteiger partial charge >= 0.3 is 0 Å². The highest BCUT2D eigenvalue weighted by Crippen LogP contribution is 2.33. The van der Waals surface area contributed by atoms with Crippen LogP contribution in [0.3, 0.4) is 0 Å². The summed E-state index contributed by atoms with van der Waals surface area (Å²) in [5.41, 5.74) is 1.29. The highest BCUT2D eigenvalue weighted by molar-refractivity contribution is 7.18. The fraction of sp³-hybridized carbons (Fsp3) is 0.600. The van der Waals surface area contributed by atoms with E-state index in [0.29, 0.717) is 0 Å². The van der Waals surface area contributed by atoms with Crippen LogP contribution in [0, 0.1) is 13.8 Å². The molecule has 5 heteroatoms. The molecule has 0 aromatic carbocycles. The smallest absolute Gasteiger partial charge is 0.138 e. The number of methoxy groups -OCH3 is 1. The van der Waals surface area contributed by atoms with E-state index >= 15 is 0 Å². The molecule has 0 spiro atoms. The van der Waals surface area contributed by atoms with Gasteiger partial charge in [0.2, 0.25) is 0 Å². The Bertz CT molecular complexity index is 594. The van der Waals surface area contributed by atoms with Crippen LogP contribution in [0.5, 0.6) is 0 Å². The van der Waals surface area contributed by atoms with Crippen LogP contribution in [0.1, 0.15) is 36.5 Å². The van der Waals surface area contributed by atoms with Crippen molar-refractivity contribution in [3.8, 4) is 0 Å². The number of nitrogens with zero attached hydrogens (tertiary/aromatic N) is 2. The monoisotopic (exact) mass is 293 g/mol. The highest BCUT2D eigenvalue weighted by Gasteiger charge is 2.15. The standard InChI is InChI=1S/C15H23N3OS/c1-6-7-16-14-13-10(3)11(4)20-15(13)18-12(17-14)8-9(2)19-5/h9H,6-8H2,1-5H3,(H,16,17,18). The number of rotatable bonds is 6. The van der Waals surface area contributed by atoms with Crippen LogP contribution in [-0.4, -0.2) is 29.7 Å². The van der Waals surface area contributed by atoms with Gasteiger partial charge in [0.05, 0.1) is 11.5 Å². The number of hydrogen-bond acceptors (Lipinski definition) is 5. The molecule has 2 heterocycles. The van der Waals surface area contributed by atoms with Crippen molar-refractivity contribution in [2.45, 2.75) is 46.6 Å². The first-order chi connectivity index (χ1) is 9.56. The molecule has 2 aromatic heterocycles. The molecule has 0 bridgehead atoms. The Labute approximate surface area is 124 Å². The van der Waals surface area contributed by atoms with Gasteiger partial charge in [-0.05, 0) is 32.8 Å². The number of aromatic nitrogens is 2. The lowest BCUT2D eigenvalue weighted by Gasteiger charge is -2.11. The van der Waals surface area contributed by atoms with Crippen molar-refractivity contribution in [2.75, 3.05) is 19.0 Å². The third-order valence-electron chi connectivity index (χ3n) is 3.49. The van der Waals surface area contributed by atoms with Gasteiger partial charge in [0.25, 0.3) is 0 Å². The summed E-state index contributed by atoms with van der Waals surface area (Å²) in [7, 11) is 1.72. The third kappa shape index (κ3) is 3.10. The van der Waals surface area contributed by atoms with Crippen molar-refractivity contribution in [1.82, 2.24) is 9.97 Å².